The van der Waals surface area contributed by atoms with Gasteiger partial charge in [-0.2, -0.15) is 28.3 Å². The van der Waals surface area contributed by atoms with E-state index in [-0.39, 0.29) is 0 Å². The molecule has 0 radical (unpaired) electrons. The van der Waals surface area contributed by atoms with Gasteiger partial charge in [0.05, 0.1) is 6.54 Å². The summed E-state index contributed by atoms with van der Waals surface area (Å²) < 4.78 is 0. The highest BCUT2D eigenvalue weighted by Gasteiger charge is 2.10. The van der Waals surface area contributed by atoms with Crippen LogP contribution >= 0.6 is 23.5 Å². The van der Waals surface area contributed by atoms with Gasteiger partial charge in [-0.15, -0.1) is 10.2 Å². The third-order valence-corrected chi connectivity index (χ3v) is 7.05. The SMILES string of the molecule is c1ccc(CSCCC(CCCCn2ncnn2)SCc2ccccc2)cc1. The third-order valence-electron chi connectivity index (χ3n) is 4.55. The van der Waals surface area contributed by atoms with Crippen LogP contribution in [0.25, 0.3) is 0 Å². The first-order chi connectivity index (χ1) is 13.9. The maximum absolute atomic E-state index is 4.08. The summed E-state index contributed by atoms with van der Waals surface area (Å²) >= 11 is 4.15. The van der Waals surface area contributed by atoms with Crippen LogP contribution in [-0.4, -0.2) is 31.2 Å². The molecule has 0 aliphatic heterocycles. The van der Waals surface area contributed by atoms with Crippen molar-refractivity contribution in [2.45, 2.75) is 49.0 Å². The highest BCUT2D eigenvalue weighted by atomic mass is 32.2. The molecule has 0 saturated heterocycles. The van der Waals surface area contributed by atoms with Crippen LogP contribution in [0, 0.1) is 0 Å². The van der Waals surface area contributed by atoms with Crippen LogP contribution in [0.4, 0.5) is 0 Å². The zero-order chi connectivity index (χ0) is 19.3. The van der Waals surface area contributed by atoms with E-state index in [1.165, 1.54) is 42.5 Å². The molecule has 1 aromatic heterocycles. The van der Waals surface area contributed by atoms with Crippen molar-refractivity contribution in [1.82, 2.24) is 20.2 Å². The minimum absolute atomic E-state index is 0.701. The van der Waals surface area contributed by atoms with Gasteiger partial charge in [0.1, 0.15) is 0 Å². The smallest absolute Gasteiger partial charge is 0.162 e. The molecule has 0 N–H and O–H groups in total. The molecule has 6 heteroatoms. The highest BCUT2D eigenvalue weighted by Crippen LogP contribution is 2.27. The summed E-state index contributed by atoms with van der Waals surface area (Å²) in [5, 5.41) is 12.5. The molecule has 0 amide bonds. The summed E-state index contributed by atoms with van der Waals surface area (Å²) in [6.45, 7) is 0.860. The summed E-state index contributed by atoms with van der Waals surface area (Å²) in [7, 11) is 0. The van der Waals surface area contributed by atoms with Gasteiger partial charge in [0.25, 0.3) is 0 Å². The lowest BCUT2D eigenvalue weighted by Gasteiger charge is -2.16. The van der Waals surface area contributed by atoms with E-state index in [1.807, 2.05) is 11.8 Å². The van der Waals surface area contributed by atoms with E-state index in [0.29, 0.717) is 5.25 Å². The van der Waals surface area contributed by atoms with Crippen molar-refractivity contribution in [3.63, 3.8) is 0 Å². The summed E-state index contributed by atoms with van der Waals surface area (Å²) in [4.78, 5) is 1.68. The average Bonchev–Trinajstić information content (AvgIpc) is 3.27. The van der Waals surface area contributed by atoms with E-state index >= 15 is 0 Å². The number of hydrogen-bond acceptors (Lipinski definition) is 5. The van der Waals surface area contributed by atoms with Crippen molar-refractivity contribution < 1.29 is 0 Å². The second kappa shape index (κ2) is 12.6. The fraction of sp³-hybridized carbons (Fsp3) is 0.409. The van der Waals surface area contributed by atoms with Crippen LogP contribution in [0.1, 0.15) is 36.8 Å². The van der Waals surface area contributed by atoms with E-state index in [9.17, 15) is 0 Å². The number of thioether (sulfide) groups is 2. The van der Waals surface area contributed by atoms with Crippen molar-refractivity contribution in [2.24, 2.45) is 0 Å². The Labute approximate surface area is 176 Å². The maximum Gasteiger partial charge on any atom is 0.162 e. The molecular weight excluding hydrogens is 384 g/mol. The van der Waals surface area contributed by atoms with Gasteiger partial charge in [0, 0.05) is 16.8 Å². The minimum Gasteiger partial charge on any atom is -0.164 e. The number of aryl methyl sites for hydroxylation is 1. The summed E-state index contributed by atoms with van der Waals surface area (Å²) in [6.07, 6.45) is 6.32. The molecule has 1 heterocycles. The van der Waals surface area contributed by atoms with Crippen LogP contribution in [0.15, 0.2) is 67.0 Å². The predicted octanol–water partition coefficient (Wildman–Crippen LogP) is 5.47. The number of unbranched alkanes of at least 4 members (excludes halogenated alkanes) is 1. The standard InChI is InChI=1S/C22H28N4S2/c1-3-9-20(10-4-1)17-27-16-14-22(28-18-21-11-5-2-6-12-21)13-7-8-15-26-24-19-23-25-26/h1-6,9-12,19,22H,7-8,13-18H2. The Bertz CT molecular complexity index is 751. The number of tetrazole rings is 1. The molecule has 0 aliphatic rings. The molecule has 1 atom stereocenters. The average molecular weight is 413 g/mol. The van der Waals surface area contributed by atoms with Gasteiger partial charge < -0.3 is 0 Å². The van der Waals surface area contributed by atoms with Crippen LogP contribution in [0.3, 0.4) is 0 Å². The van der Waals surface area contributed by atoms with E-state index in [1.54, 1.807) is 4.80 Å². The van der Waals surface area contributed by atoms with E-state index < -0.39 is 0 Å². The van der Waals surface area contributed by atoms with Gasteiger partial charge in [0.2, 0.25) is 0 Å². The Hall–Kier alpha value is -1.79. The van der Waals surface area contributed by atoms with Crippen LogP contribution in [0.5, 0.6) is 0 Å². The molecule has 0 bridgehead atoms. The van der Waals surface area contributed by atoms with Crippen molar-refractivity contribution in [1.29, 1.82) is 0 Å². The quantitative estimate of drug-likeness (QED) is 0.348. The number of aromatic nitrogens is 4. The Morgan fingerprint density at radius 2 is 1.54 bits per heavy atom. The van der Waals surface area contributed by atoms with Gasteiger partial charge in [-0.3, -0.25) is 0 Å². The highest BCUT2D eigenvalue weighted by molar-refractivity contribution is 7.99. The Morgan fingerprint density at radius 3 is 2.21 bits per heavy atom. The number of hydrogen-bond donors (Lipinski definition) is 0. The molecule has 4 nitrogen and oxygen atoms in total. The number of nitrogens with zero attached hydrogens (tertiary/aromatic N) is 4. The lowest BCUT2D eigenvalue weighted by Crippen LogP contribution is -2.07. The van der Waals surface area contributed by atoms with Crippen LogP contribution in [0.2, 0.25) is 0 Å². The van der Waals surface area contributed by atoms with E-state index in [2.05, 4.69) is 87.8 Å². The molecule has 148 valence electrons. The number of rotatable bonds is 13. The first-order valence-corrected chi connectivity index (χ1v) is 12.1. The second-order valence-electron chi connectivity index (χ2n) is 6.77. The molecule has 0 spiro atoms. The van der Waals surface area contributed by atoms with E-state index in [4.69, 9.17) is 0 Å². The first-order valence-electron chi connectivity index (χ1n) is 9.88. The molecule has 0 aliphatic carbocycles. The maximum atomic E-state index is 4.08. The molecule has 1 unspecified atom stereocenters. The summed E-state index contributed by atoms with van der Waals surface area (Å²) in [5.74, 6) is 3.42. The van der Waals surface area contributed by atoms with Gasteiger partial charge in [-0.05, 0) is 41.4 Å². The molecule has 0 fully saturated rings. The van der Waals surface area contributed by atoms with Gasteiger partial charge >= 0.3 is 0 Å². The van der Waals surface area contributed by atoms with Crippen LogP contribution in [-0.2, 0) is 18.1 Å². The summed E-state index contributed by atoms with van der Waals surface area (Å²) in [6, 6.07) is 21.6. The molecule has 3 rings (SSSR count). The zero-order valence-corrected chi connectivity index (χ0v) is 17.8. The van der Waals surface area contributed by atoms with E-state index in [0.717, 1.165) is 24.5 Å². The lowest BCUT2D eigenvalue weighted by molar-refractivity contribution is 0.478. The fourth-order valence-corrected chi connectivity index (χ4v) is 5.41. The Kier molecular flexibility index (Phi) is 9.44. The fourth-order valence-electron chi connectivity index (χ4n) is 2.99. The first kappa shape index (κ1) is 20.9. The third kappa shape index (κ3) is 8.07. The molecule has 28 heavy (non-hydrogen) atoms. The molecular formula is C22H28N4S2. The van der Waals surface area contributed by atoms with Crippen molar-refractivity contribution in [2.75, 3.05) is 5.75 Å². The molecule has 2 aromatic carbocycles. The lowest BCUT2D eigenvalue weighted by atomic mass is 10.1. The minimum atomic E-state index is 0.701. The topological polar surface area (TPSA) is 43.6 Å². The molecule has 3 aromatic rings. The molecule has 0 saturated carbocycles. The number of benzene rings is 2. The zero-order valence-electron chi connectivity index (χ0n) is 16.2. The predicted molar refractivity (Wildman–Crippen MR) is 120 cm³/mol. The normalized spacial score (nSPS) is 12.1. The van der Waals surface area contributed by atoms with Crippen molar-refractivity contribution >= 4 is 23.5 Å². The second-order valence-corrected chi connectivity index (χ2v) is 9.17. The largest absolute Gasteiger partial charge is 0.164 e. The van der Waals surface area contributed by atoms with Crippen LogP contribution < -0.4 is 0 Å². The van der Waals surface area contributed by atoms with Crippen molar-refractivity contribution in [3.8, 4) is 0 Å². The Morgan fingerprint density at radius 1 is 0.821 bits per heavy atom. The summed E-state index contributed by atoms with van der Waals surface area (Å²) in [5.41, 5.74) is 2.84. The van der Waals surface area contributed by atoms with Gasteiger partial charge in [-0.1, -0.05) is 67.1 Å². The Balaban J connectivity index is 1.39. The van der Waals surface area contributed by atoms with Gasteiger partial charge in [0.15, 0.2) is 6.33 Å². The van der Waals surface area contributed by atoms with Crippen molar-refractivity contribution in [3.05, 3.63) is 78.1 Å². The monoisotopic (exact) mass is 412 g/mol. The van der Waals surface area contributed by atoms with Gasteiger partial charge in [-0.25, -0.2) is 0 Å².